The molecule has 0 aliphatic rings. The van der Waals surface area contributed by atoms with Gasteiger partial charge < -0.3 is 10.3 Å². The predicted molar refractivity (Wildman–Crippen MR) is 99.3 cm³/mol. The number of carbonyl (C=O) groups is 1. The Kier molecular flexibility index (Phi) is 6.71. The molecule has 0 radical (unpaired) electrons. The molecular weight excluding hydrogens is 369 g/mol. The minimum absolute atomic E-state index is 0.221. The van der Waals surface area contributed by atoms with Crippen molar-refractivity contribution in [3.63, 3.8) is 0 Å². The summed E-state index contributed by atoms with van der Waals surface area (Å²) in [7, 11) is 0. The highest BCUT2D eigenvalue weighted by Crippen LogP contribution is 2.30. The molecule has 128 valence electrons. The number of halogens is 2. The molecule has 1 unspecified atom stereocenters. The molecule has 1 aromatic carbocycles. The fourth-order valence-electron chi connectivity index (χ4n) is 1.98. The molecule has 1 amide bonds. The first-order valence-corrected chi connectivity index (χ1v) is 9.06. The first-order chi connectivity index (χ1) is 11.4. The average molecular weight is 386 g/mol. The van der Waals surface area contributed by atoms with Crippen molar-refractivity contribution in [2.75, 3.05) is 5.32 Å². The Bertz CT molecular complexity index is 795. The van der Waals surface area contributed by atoms with E-state index in [4.69, 9.17) is 23.2 Å². The maximum atomic E-state index is 12.3. The number of rotatable bonds is 6. The summed E-state index contributed by atoms with van der Waals surface area (Å²) < 4.78 is 0. The van der Waals surface area contributed by atoms with Gasteiger partial charge in [0.2, 0.25) is 5.91 Å². The summed E-state index contributed by atoms with van der Waals surface area (Å²) in [6.45, 7) is 3.74. The Labute approximate surface area is 154 Å². The molecule has 1 atom stereocenters. The number of aromatic amines is 1. The van der Waals surface area contributed by atoms with E-state index in [0.29, 0.717) is 26.6 Å². The van der Waals surface area contributed by atoms with Gasteiger partial charge >= 0.3 is 0 Å². The molecule has 1 aromatic heterocycles. The van der Waals surface area contributed by atoms with Crippen LogP contribution in [-0.2, 0) is 11.2 Å². The molecule has 2 N–H and O–H groups in total. The number of nitrogens with zero attached hydrogens (tertiary/aromatic N) is 1. The maximum Gasteiger partial charge on any atom is 0.251 e. The molecule has 0 saturated heterocycles. The summed E-state index contributed by atoms with van der Waals surface area (Å²) in [6.07, 6.45) is 1.61. The Hall–Kier alpha value is -1.50. The second-order valence-electron chi connectivity index (χ2n) is 5.14. The van der Waals surface area contributed by atoms with E-state index >= 15 is 0 Å². The first-order valence-electron chi connectivity index (χ1n) is 7.42. The fourth-order valence-corrected chi connectivity index (χ4v) is 3.16. The molecule has 0 saturated carbocycles. The summed E-state index contributed by atoms with van der Waals surface area (Å²) in [5.41, 5.74) is 0.943. The summed E-state index contributed by atoms with van der Waals surface area (Å²) in [6, 6.07) is 6.50. The third-order valence-corrected chi connectivity index (χ3v) is 4.95. The van der Waals surface area contributed by atoms with E-state index in [0.717, 1.165) is 12.8 Å². The highest BCUT2D eigenvalue weighted by molar-refractivity contribution is 8.00. The lowest BCUT2D eigenvalue weighted by atomic mass is 10.2. The first kappa shape index (κ1) is 18.8. The van der Waals surface area contributed by atoms with Gasteiger partial charge in [-0.1, -0.05) is 54.4 Å². The van der Waals surface area contributed by atoms with Crippen molar-refractivity contribution < 1.29 is 4.79 Å². The lowest BCUT2D eigenvalue weighted by molar-refractivity contribution is -0.115. The number of aryl methyl sites for hydroxylation is 1. The zero-order chi connectivity index (χ0) is 17.7. The van der Waals surface area contributed by atoms with Crippen LogP contribution in [-0.4, -0.2) is 21.1 Å². The van der Waals surface area contributed by atoms with Crippen molar-refractivity contribution in [3.8, 4) is 0 Å². The van der Waals surface area contributed by atoms with Gasteiger partial charge in [0.1, 0.15) is 0 Å². The van der Waals surface area contributed by atoms with Gasteiger partial charge in [-0.3, -0.25) is 9.59 Å². The minimum atomic E-state index is -0.472. The SMILES string of the molecule is CCCc1cc(=O)[nH]c(SC(C)C(=O)Nc2cccc(Cl)c2Cl)n1. The van der Waals surface area contributed by atoms with Crippen molar-refractivity contribution in [2.45, 2.75) is 37.1 Å². The van der Waals surface area contributed by atoms with Crippen molar-refractivity contribution in [3.05, 3.63) is 50.4 Å². The monoisotopic (exact) mass is 385 g/mol. The second-order valence-corrected chi connectivity index (χ2v) is 7.26. The molecular formula is C16H17Cl2N3O2S. The minimum Gasteiger partial charge on any atom is -0.324 e. The molecule has 0 fully saturated rings. The fraction of sp³-hybridized carbons (Fsp3) is 0.312. The van der Waals surface area contributed by atoms with Crippen molar-refractivity contribution >= 4 is 46.6 Å². The molecule has 8 heteroatoms. The molecule has 24 heavy (non-hydrogen) atoms. The van der Waals surface area contributed by atoms with Crippen LogP contribution in [0.1, 0.15) is 26.0 Å². The number of aromatic nitrogens is 2. The van der Waals surface area contributed by atoms with E-state index in [9.17, 15) is 9.59 Å². The van der Waals surface area contributed by atoms with E-state index in [1.165, 1.54) is 17.8 Å². The summed E-state index contributed by atoms with van der Waals surface area (Å²) in [4.78, 5) is 31.0. The smallest absolute Gasteiger partial charge is 0.251 e. The van der Waals surface area contributed by atoms with Gasteiger partial charge in [-0.25, -0.2) is 4.98 Å². The number of amides is 1. The van der Waals surface area contributed by atoms with Gasteiger partial charge in [-0.15, -0.1) is 0 Å². The third-order valence-electron chi connectivity index (χ3n) is 3.15. The summed E-state index contributed by atoms with van der Waals surface area (Å²) in [5, 5.41) is 3.34. The lowest BCUT2D eigenvalue weighted by Crippen LogP contribution is -2.23. The molecule has 2 aromatic rings. The zero-order valence-electron chi connectivity index (χ0n) is 13.2. The highest BCUT2D eigenvalue weighted by Gasteiger charge is 2.18. The van der Waals surface area contributed by atoms with Crippen molar-refractivity contribution in [1.29, 1.82) is 0 Å². The zero-order valence-corrected chi connectivity index (χ0v) is 15.6. The quantitative estimate of drug-likeness (QED) is 0.578. The summed E-state index contributed by atoms with van der Waals surface area (Å²) in [5.74, 6) is -0.257. The third kappa shape index (κ3) is 5.00. The van der Waals surface area contributed by atoms with Crippen LogP contribution in [0.4, 0.5) is 5.69 Å². The Morgan fingerprint density at radius 1 is 1.42 bits per heavy atom. The number of H-pyrrole nitrogens is 1. The standard InChI is InChI=1S/C16H17Cl2N3O2S/c1-3-5-10-8-13(22)21-16(19-10)24-9(2)15(23)20-12-7-4-6-11(17)14(12)18/h4,6-9H,3,5H2,1-2H3,(H,20,23)(H,19,21,22). The second kappa shape index (κ2) is 8.55. The van der Waals surface area contributed by atoms with Crippen LogP contribution in [0, 0.1) is 0 Å². The van der Waals surface area contributed by atoms with E-state index in [1.807, 2.05) is 6.92 Å². The normalized spacial score (nSPS) is 12.0. The van der Waals surface area contributed by atoms with E-state index < -0.39 is 5.25 Å². The molecule has 0 aliphatic heterocycles. The highest BCUT2D eigenvalue weighted by atomic mass is 35.5. The van der Waals surface area contributed by atoms with Gasteiger partial charge in [0.25, 0.3) is 5.56 Å². The van der Waals surface area contributed by atoms with Crippen LogP contribution in [0.5, 0.6) is 0 Å². The summed E-state index contributed by atoms with van der Waals surface area (Å²) >= 11 is 13.2. The molecule has 2 rings (SSSR count). The van der Waals surface area contributed by atoms with E-state index in [2.05, 4.69) is 15.3 Å². The number of thioether (sulfide) groups is 1. The number of nitrogens with one attached hydrogen (secondary N) is 2. The number of carbonyl (C=O) groups excluding carboxylic acids is 1. The Morgan fingerprint density at radius 2 is 2.17 bits per heavy atom. The molecule has 0 bridgehead atoms. The van der Waals surface area contributed by atoms with Crippen LogP contribution in [0.25, 0.3) is 0 Å². The van der Waals surface area contributed by atoms with E-state index in [1.54, 1.807) is 25.1 Å². The van der Waals surface area contributed by atoms with Gasteiger partial charge in [0, 0.05) is 11.8 Å². The molecule has 5 nitrogen and oxygen atoms in total. The Balaban J connectivity index is 2.09. The molecule has 0 aliphatic carbocycles. The largest absolute Gasteiger partial charge is 0.324 e. The van der Waals surface area contributed by atoms with Gasteiger partial charge in [-0.2, -0.15) is 0 Å². The number of anilines is 1. The average Bonchev–Trinajstić information content (AvgIpc) is 2.51. The lowest BCUT2D eigenvalue weighted by Gasteiger charge is -2.13. The van der Waals surface area contributed by atoms with Gasteiger partial charge in [0.05, 0.1) is 21.0 Å². The Morgan fingerprint density at radius 3 is 2.88 bits per heavy atom. The van der Waals surface area contributed by atoms with Crippen LogP contribution in [0.15, 0.2) is 34.2 Å². The van der Waals surface area contributed by atoms with Gasteiger partial charge in [-0.05, 0) is 25.5 Å². The number of hydrogen-bond acceptors (Lipinski definition) is 4. The van der Waals surface area contributed by atoms with Crippen LogP contribution < -0.4 is 10.9 Å². The van der Waals surface area contributed by atoms with Crippen molar-refractivity contribution in [1.82, 2.24) is 9.97 Å². The predicted octanol–water partition coefficient (Wildman–Crippen LogP) is 4.15. The van der Waals surface area contributed by atoms with Crippen LogP contribution >= 0.6 is 35.0 Å². The van der Waals surface area contributed by atoms with Gasteiger partial charge in [0.15, 0.2) is 5.16 Å². The van der Waals surface area contributed by atoms with Crippen molar-refractivity contribution in [2.24, 2.45) is 0 Å². The number of benzene rings is 1. The topological polar surface area (TPSA) is 74.8 Å². The molecule has 0 spiro atoms. The maximum absolute atomic E-state index is 12.3. The molecule has 1 heterocycles. The van der Waals surface area contributed by atoms with Crippen LogP contribution in [0.2, 0.25) is 10.0 Å². The van der Waals surface area contributed by atoms with E-state index in [-0.39, 0.29) is 11.5 Å². The van der Waals surface area contributed by atoms with Crippen LogP contribution in [0.3, 0.4) is 0 Å². The number of hydrogen-bond donors (Lipinski definition) is 2.